The van der Waals surface area contributed by atoms with Crippen molar-refractivity contribution in [2.45, 2.75) is 6.92 Å². The summed E-state index contributed by atoms with van der Waals surface area (Å²) in [6.45, 7) is 2.02. The van der Waals surface area contributed by atoms with Crippen LogP contribution in [0.3, 0.4) is 0 Å². The highest BCUT2D eigenvalue weighted by atomic mass is 16.1. The van der Waals surface area contributed by atoms with Crippen LogP contribution in [0.2, 0.25) is 0 Å². The molecule has 1 atom stereocenters. The molecule has 4 rings (SSSR count). The van der Waals surface area contributed by atoms with E-state index < -0.39 is 5.41 Å². The number of carbonyl (C=O) groups excluding carboxylic acids is 1. The van der Waals surface area contributed by atoms with Gasteiger partial charge >= 0.3 is 0 Å². The molecule has 0 aliphatic heterocycles. The van der Waals surface area contributed by atoms with Crippen molar-refractivity contribution < 1.29 is 4.79 Å². The number of hydrogen-bond acceptors (Lipinski definition) is 2. The molecule has 2 aliphatic carbocycles. The maximum absolute atomic E-state index is 11.6. The monoisotopic (exact) mass is 274 g/mol. The molecule has 1 heterocycles. The zero-order valence-electron chi connectivity index (χ0n) is 11.6. The minimum Gasteiger partial charge on any atom is -0.368 e. The van der Waals surface area contributed by atoms with E-state index in [0.717, 1.165) is 33.5 Å². The van der Waals surface area contributed by atoms with Crippen LogP contribution in [0.15, 0.2) is 48.7 Å². The Morgan fingerprint density at radius 3 is 2.71 bits per heavy atom. The van der Waals surface area contributed by atoms with E-state index in [2.05, 4.69) is 17.1 Å². The summed E-state index contributed by atoms with van der Waals surface area (Å²) in [5, 5.41) is 0. The fourth-order valence-electron chi connectivity index (χ4n) is 2.96. The summed E-state index contributed by atoms with van der Waals surface area (Å²) in [4.78, 5) is 16.1. The smallest absolute Gasteiger partial charge is 0.235 e. The van der Waals surface area contributed by atoms with Crippen LogP contribution >= 0.6 is 0 Å². The Morgan fingerprint density at radius 2 is 2.00 bits per heavy atom. The Bertz CT molecular complexity index is 831. The lowest BCUT2D eigenvalue weighted by Crippen LogP contribution is -2.26. The molecule has 0 fully saturated rings. The average molecular weight is 274 g/mol. The summed E-state index contributed by atoms with van der Waals surface area (Å²) in [5.41, 5.74) is 11.2. The minimum absolute atomic E-state index is 0.307. The number of aromatic nitrogens is 1. The van der Waals surface area contributed by atoms with Crippen LogP contribution in [-0.2, 0) is 4.79 Å². The summed E-state index contributed by atoms with van der Waals surface area (Å²) in [6, 6.07) is 10.2. The Balaban J connectivity index is 1.86. The summed E-state index contributed by atoms with van der Waals surface area (Å²) in [5.74, 6) is -0.307. The van der Waals surface area contributed by atoms with Crippen LogP contribution in [0.25, 0.3) is 22.9 Å². The minimum atomic E-state index is -0.647. The van der Waals surface area contributed by atoms with Gasteiger partial charge in [0.1, 0.15) is 5.41 Å². The number of carbonyl (C=O) groups is 1. The van der Waals surface area contributed by atoms with E-state index in [1.54, 1.807) is 0 Å². The molecular formula is C18H14N2O. The van der Waals surface area contributed by atoms with Gasteiger partial charge in [-0.2, -0.15) is 0 Å². The second-order valence-corrected chi connectivity index (χ2v) is 5.61. The standard InChI is InChI=1S/C18H14N2O/c1-11-5-6-16(20-10-11)14-4-2-3-13-12(14)7-8-18(17(19)21)9-15(13)18/h2-10H,1H3,(H2,19,21). The second kappa shape index (κ2) is 3.92. The van der Waals surface area contributed by atoms with Crippen molar-refractivity contribution in [2.75, 3.05) is 0 Å². The van der Waals surface area contributed by atoms with Crippen LogP contribution in [-0.4, -0.2) is 10.9 Å². The number of fused-ring (bicyclic) bond motifs is 3. The van der Waals surface area contributed by atoms with Gasteiger partial charge in [0, 0.05) is 11.8 Å². The molecule has 1 amide bonds. The van der Waals surface area contributed by atoms with Crippen molar-refractivity contribution in [1.29, 1.82) is 0 Å². The zero-order chi connectivity index (χ0) is 14.6. The van der Waals surface area contributed by atoms with Crippen LogP contribution in [0, 0.1) is 12.3 Å². The van der Waals surface area contributed by atoms with Crippen molar-refractivity contribution in [3.8, 4) is 11.3 Å². The van der Waals surface area contributed by atoms with E-state index in [1.807, 2.05) is 49.5 Å². The average Bonchev–Trinajstić information content (AvgIpc) is 3.24. The van der Waals surface area contributed by atoms with E-state index in [9.17, 15) is 4.79 Å². The molecule has 1 aromatic carbocycles. The first kappa shape index (κ1) is 12.1. The van der Waals surface area contributed by atoms with Crippen molar-refractivity contribution in [3.05, 3.63) is 65.4 Å². The van der Waals surface area contributed by atoms with Crippen LogP contribution in [0.4, 0.5) is 0 Å². The molecule has 3 heteroatoms. The molecule has 0 saturated heterocycles. The number of amides is 1. The molecule has 3 nitrogen and oxygen atoms in total. The maximum atomic E-state index is 11.6. The molecule has 102 valence electrons. The Hall–Kier alpha value is -2.68. The number of benzene rings is 1. The zero-order valence-corrected chi connectivity index (χ0v) is 11.6. The van der Waals surface area contributed by atoms with E-state index in [-0.39, 0.29) is 5.91 Å². The predicted molar refractivity (Wildman–Crippen MR) is 83.0 cm³/mol. The number of rotatable bonds is 2. The first-order valence-electron chi connectivity index (χ1n) is 6.91. The fraction of sp³-hybridized carbons (Fsp3) is 0.111. The molecule has 0 bridgehead atoms. The highest BCUT2D eigenvalue weighted by molar-refractivity contribution is 6.13. The van der Waals surface area contributed by atoms with Gasteiger partial charge in [-0.3, -0.25) is 9.78 Å². The lowest BCUT2D eigenvalue weighted by Gasteiger charge is -2.19. The number of primary amides is 1. The van der Waals surface area contributed by atoms with Gasteiger partial charge in [0.25, 0.3) is 0 Å². The van der Waals surface area contributed by atoms with Crippen LogP contribution in [0.1, 0.15) is 16.7 Å². The third kappa shape index (κ3) is 1.61. The van der Waals surface area contributed by atoms with Gasteiger partial charge in [0.15, 0.2) is 0 Å². The van der Waals surface area contributed by atoms with Gasteiger partial charge in [0.05, 0.1) is 5.69 Å². The van der Waals surface area contributed by atoms with Gasteiger partial charge < -0.3 is 5.73 Å². The number of hydrogen-bond donors (Lipinski definition) is 1. The van der Waals surface area contributed by atoms with Crippen molar-refractivity contribution >= 4 is 17.6 Å². The third-order valence-electron chi connectivity index (χ3n) is 4.24. The van der Waals surface area contributed by atoms with Crippen LogP contribution in [0.5, 0.6) is 0 Å². The molecule has 1 unspecified atom stereocenters. The highest BCUT2D eigenvalue weighted by Gasteiger charge is 2.50. The second-order valence-electron chi connectivity index (χ2n) is 5.61. The number of aryl methyl sites for hydroxylation is 1. The molecule has 0 saturated carbocycles. The lowest BCUT2D eigenvalue weighted by molar-refractivity contribution is -0.120. The molecular weight excluding hydrogens is 260 g/mol. The summed E-state index contributed by atoms with van der Waals surface area (Å²) < 4.78 is 0. The normalized spacial score (nSPS) is 21.3. The maximum Gasteiger partial charge on any atom is 0.235 e. The van der Waals surface area contributed by atoms with Crippen molar-refractivity contribution in [3.63, 3.8) is 0 Å². The first-order valence-corrected chi connectivity index (χ1v) is 6.91. The number of nitrogens with two attached hydrogens (primary N) is 1. The van der Waals surface area contributed by atoms with Gasteiger partial charge in [-0.25, -0.2) is 0 Å². The molecule has 2 aliphatic rings. The topological polar surface area (TPSA) is 56.0 Å². The van der Waals surface area contributed by atoms with Gasteiger partial charge in [-0.15, -0.1) is 0 Å². The number of nitrogens with zero attached hydrogens (tertiary/aromatic N) is 1. The fourth-order valence-corrected chi connectivity index (χ4v) is 2.96. The van der Waals surface area contributed by atoms with Gasteiger partial charge in [-0.05, 0) is 35.3 Å². The third-order valence-corrected chi connectivity index (χ3v) is 4.24. The summed E-state index contributed by atoms with van der Waals surface area (Å²) >= 11 is 0. The summed E-state index contributed by atoms with van der Waals surface area (Å²) in [6.07, 6.45) is 7.68. The van der Waals surface area contributed by atoms with E-state index >= 15 is 0 Å². The van der Waals surface area contributed by atoms with Crippen LogP contribution < -0.4 is 5.73 Å². The molecule has 2 aromatic rings. The van der Waals surface area contributed by atoms with Crippen molar-refractivity contribution in [1.82, 2.24) is 4.98 Å². The Labute approximate surface area is 122 Å². The molecule has 0 radical (unpaired) electrons. The number of pyridine rings is 1. The molecule has 2 N–H and O–H groups in total. The largest absolute Gasteiger partial charge is 0.368 e. The first-order chi connectivity index (χ1) is 10.1. The van der Waals surface area contributed by atoms with Crippen molar-refractivity contribution in [2.24, 2.45) is 11.1 Å². The molecule has 1 aromatic heterocycles. The SMILES string of the molecule is Cc1ccc(-c2cccc3c2C=CC2(C(N)=O)C=C32)nc1. The Morgan fingerprint density at radius 1 is 1.19 bits per heavy atom. The molecule has 21 heavy (non-hydrogen) atoms. The molecule has 0 spiro atoms. The highest BCUT2D eigenvalue weighted by Crippen LogP contribution is 2.56. The van der Waals surface area contributed by atoms with Gasteiger partial charge in [-0.1, -0.05) is 42.5 Å². The van der Waals surface area contributed by atoms with E-state index in [4.69, 9.17) is 5.73 Å². The summed E-state index contributed by atoms with van der Waals surface area (Å²) in [7, 11) is 0. The van der Waals surface area contributed by atoms with E-state index in [1.165, 1.54) is 0 Å². The Kier molecular flexibility index (Phi) is 2.25. The quantitative estimate of drug-likeness (QED) is 0.915. The lowest BCUT2D eigenvalue weighted by atomic mass is 9.84. The van der Waals surface area contributed by atoms with E-state index in [0.29, 0.717) is 0 Å². The van der Waals surface area contributed by atoms with Gasteiger partial charge in [0.2, 0.25) is 5.91 Å². The predicted octanol–water partition coefficient (Wildman–Crippen LogP) is 2.95.